The molecule has 0 saturated heterocycles. The van der Waals surface area contributed by atoms with Crippen molar-refractivity contribution in [3.63, 3.8) is 0 Å². The molecule has 94 valence electrons. The van der Waals surface area contributed by atoms with Gasteiger partial charge in [0.05, 0.1) is 0 Å². The molecule has 3 rings (SSSR count). The van der Waals surface area contributed by atoms with E-state index in [0.717, 1.165) is 25.8 Å². The second kappa shape index (κ2) is 5.24. The molecule has 1 fully saturated rings. The maximum absolute atomic E-state index is 11.5. The van der Waals surface area contributed by atoms with E-state index >= 15 is 0 Å². The summed E-state index contributed by atoms with van der Waals surface area (Å²) in [7, 11) is 0. The van der Waals surface area contributed by atoms with Gasteiger partial charge in [-0.05, 0) is 42.8 Å². The molecule has 1 amide bonds. The van der Waals surface area contributed by atoms with Crippen LogP contribution in [0.4, 0.5) is 0 Å². The van der Waals surface area contributed by atoms with E-state index in [9.17, 15) is 4.79 Å². The number of thiophene rings is 2. The van der Waals surface area contributed by atoms with Gasteiger partial charge < -0.3 is 5.32 Å². The number of hydrogen-bond donors (Lipinski definition) is 1. The third-order valence-electron chi connectivity index (χ3n) is 3.04. The van der Waals surface area contributed by atoms with E-state index in [4.69, 9.17) is 0 Å². The van der Waals surface area contributed by atoms with Crippen molar-refractivity contribution in [2.75, 3.05) is 6.54 Å². The van der Waals surface area contributed by atoms with Gasteiger partial charge in [-0.1, -0.05) is 6.07 Å². The van der Waals surface area contributed by atoms with Gasteiger partial charge in [0, 0.05) is 27.1 Å². The largest absolute Gasteiger partial charge is 0.356 e. The second-order valence-electron chi connectivity index (χ2n) is 4.56. The summed E-state index contributed by atoms with van der Waals surface area (Å²) in [6.45, 7) is 0.764. The van der Waals surface area contributed by atoms with E-state index in [1.165, 1.54) is 14.6 Å². The van der Waals surface area contributed by atoms with Gasteiger partial charge in [-0.3, -0.25) is 4.79 Å². The monoisotopic (exact) mass is 277 g/mol. The standard InChI is InChI=1S/C14H15NOS2/c16-14(10-3-4-10)15-8-7-11-5-6-13(18-11)12-2-1-9-17-12/h1-2,5-6,9-10H,3-4,7-8H2,(H,15,16). The second-order valence-corrected chi connectivity index (χ2v) is 6.67. The summed E-state index contributed by atoms with van der Waals surface area (Å²) >= 11 is 3.60. The van der Waals surface area contributed by atoms with Crippen LogP contribution >= 0.6 is 22.7 Å². The van der Waals surface area contributed by atoms with Gasteiger partial charge in [0.25, 0.3) is 0 Å². The van der Waals surface area contributed by atoms with Crippen molar-refractivity contribution in [1.82, 2.24) is 5.32 Å². The minimum Gasteiger partial charge on any atom is -0.356 e. The maximum atomic E-state index is 11.5. The van der Waals surface area contributed by atoms with Crippen LogP contribution in [0.5, 0.6) is 0 Å². The molecule has 18 heavy (non-hydrogen) atoms. The Labute approximate surface area is 115 Å². The molecule has 1 N–H and O–H groups in total. The lowest BCUT2D eigenvalue weighted by atomic mass is 10.3. The molecular formula is C14H15NOS2. The summed E-state index contributed by atoms with van der Waals surface area (Å²) in [6, 6.07) is 8.57. The fourth-order valence-corrected chi connectivity index (χ4v) is 3.70. The van der Waals surface area contributed by atoms with Crippen LogP contribution in [-0.2, 0) is 11.2 Å². The Morgan fingerprint density at radius 2 is 2.17 bits per heavy atom. The SMILES string of the molecule is O=C(NCCc1ccc(-c2cccs2)s1)C1CC1. The van der Waals surface area contributed by atoms with E-state index < -0.39 is 0 Å². The van der Waals surface area contributed by atoms with Gasteiger partial charge >= 0.3 is 0 Å². The van der Waals surface area contributed by atoms with Crippen LogP contribution in [0.1, 0.15) is 17.7 Å². The fraction of sp³-hybridized carbons (Fsp3) is 0.357. The zero-order chi connectivity index (χ0) is 12.4. The van der Waals surface area contributed by atoms with Crippen molar-refractivity contribution >= 4 is 28.6 Å². The first-order valence-electron chi connectivity index (χ1n) is 6.23. The van der Waals surface area contributed by atoms with Gasteiger partial charge in [-0.2, -0.15) is 0 Å². The number of amides is 1. The quantitative estimate of drug-likeness (QED) is 0.889. The zero-order valence-electron chi connectivity index (χ0n) is 10.0. The molecule has 1 saturated carbocycles. The molecule has 2 aromatic rings. The predicted octanol–water partition coefficient (Wildman–Crippen LogP) is 3.55. The minimum absolute atomic E-state index is 0.241. The Morgan fingerprint density at radius 3 is 2.89 bits per heavy atom. The highest BCUT2D eigenvalue weighted by Crippen LogP contribution is 2.31. The summed E-state index contributed by atoms with van der Waals surface area (Å²) < 4.78 is 0. The van der Waals surface area contributed by atoms with E-state index in [1.807, 2.05) is 11.3 Å². The third-order valence-corrected chi connectivity index (χ3v) is 5.26. The van der Waals surface area contributed by atoms with Crippen molar-refractivity contribution in [3.8, 4) is 9.75 Å². The summed E-state index contributed by atoms with van der Waals surface area (Å²) in [5.41, 5.74) is 0. The summed E-state index contributed by atoms with van der Waals surface area (Å²) in [6.07, 6.45) is 3.09. The Bertz CT molecular complexity index is 526. The maximum Gasteiger partial charge on any atom is 0.223 e. The summed E-state index contributed by atoms with van der Waals surface area (Å²) in [5.74, 6) is 0.556. The number of rotatable bonds is 5. The van der Waals surface area contributed by atoms with Gasteiger partial charge in [0.2, 0.25) is 5.91 Å². The molecule has 0 aromatic carbocycles. The van der Waals surface area contributed by atoms with E-state index in [-0.39, 0.29) is 5.91 Å². The minimum atomic E-state index is 0.241. The van der Waals surface area contributed by atoms with Gasteiger partial charge in [0.1, 0.15) is 0 Å². The molecule has 1 aliphatic rings. The lowest BCUT2D eigenvalue weighted by Gasteiger charge is -2.01. The number of carbonyl (C=O) groups excluding carboxylic acids is 1. The summed E-state index contributed by atoms with van der Waals surface area (Å²) in [4.78, 5) is 15.5. The van der Waals surface area contributed by atoms with Crippen LogP contribution in [0.2, 0.25) is 0 Å². The van der Waals surface area contributed by atoms with Crippen LogP contribution in [0.15, 0.2) is 29.6 Å². The van der Waals surface area contributed by atoms with E-state index in [0.29, 0.717) is 5.92 Å². The Balaban J connectivity index is 1.52. The fourth-order valence-electron chi connectivity index (χ4n) is 1.86. The lowest BCUT2D eigenvalue weighted by Crippen LogP contribution is -2.26. The van der Waals surface area contributed by atoms with Crippen molar-refractivity contribution in [2.24, 2.45) is 5.92 Å². The van der Waals surface area contributed by atoms with Crippen LogP contribution in [0.25, 0.3) is 9.75 Å². The van der Waals surface area contributed by atoms with Gasteiger partial charge in [-0.25, -0.2) is 0 Å². The normalized spacial score (nSPS) is 14.7. The highest BCUT2D eigenvalue weighted by Gasteiger charge is 2.28. The van der Waals surface area contributed by atoms with Crippen LogP contribution in [0.3, 0.4) is 0 Å². The first kappa shape index (κ1) is 11.9. The van der Waals surface area contributed by atoms with Crippen molar-refractivity contribution < 1.29 is 4.79 Å². The van der Waals surface area contributed by atoms with Crippen molar-refractivity contribution in [1.29, 1.82) is 0 Å². The van der Waals surface area contributed by atoms with Crippen LogP contribution in [-0.4, -0.2) is 12.5 Å². The summed E-state index contributed by atoms with van der Waals surface area (Å²) in [5, 5.41) is 5.11. The van der Waals surface area contributed by atoms with Crippen molar-refractivity contribution in [3.05, 3.63) is 34.5 Å². The molecule has 4 heteroatoms. The molecule has 2 heterocycles. The average molecular weight is 277 g/mol. The van der Waals surface area contributed by atoms with E-state index in [2.05, 4.69) is 35.0 Å². The molecule has 0 spiro atoms. The van der Waals surface area contributed by atoms with Gasteiger partial charge in [0.15, 0.2) is 0 Å². The molecule has 2 nitrogen and oxygen atoms in total. The predicted molar refractivity (Wildman–Crippen MR) is 77.1 cm³/mol. The molecule has 0 radical (unpaired) electrons. The number of hydrogen-bond acceptors (Lipinski definition) is 3. The lowest BCUT2D eigenvalue weighted by molar-refractivity contribution is -0.122. The number of carbonyl (C=O) groups is 1. The van der Waals surface area contributed by atoms with Crippen LogP contribution < -0.4 is 5.32 Å². The molecule has 0 unspecified atom stereocenters. The molecule has 0 aliphatic heterocycles. The molecule has 2 aromatic heterocycles. The number of nitrogens with one attached hydrogen (secondary N) is 1. The highest BCUT2D eigenvalue weighted by molar-refractivity contribution is 7.21. The molecule has 1 aliphatic carbocycles. The van der Waals surface area contributed by atoms with Gasteiger partial charge in [-0.15, -0.1) is 22.7 Å². The first-order chi connectivity index (χ1) is 8.83. The zero-order valence-corrected chi connectivity index (χ0v) is 11.7. The Kier molecular flexibility index (Phi) is 3.48. The molecule has 0 bridgehead atoms. The Hall–Kier alpha value is -1.13. The first-order valence-corrected chi connectivity index (χ1v) is 7.93. The Morgan fingerprint density at radius 1 is 1.28 bits per heavy atom. The van der Waals surface area contributed by atoms with E-state index in [1.54, 1.807) is 11.3 Å². The van der Waals surface area contributed by atoms with Crippen LogP contribution in [0, 0.1) is 5.92 Å². The third kappa shape index (κ3) is 2.82. The topological polar surface area (TPSA) is 29.1 Å². The highest BCUT2D eigenvalue weighted by atomic mass is 32.1. The molecule has 0 atom stereocenters. The van der Waals surface area contributed by atoms with Crippen molar-refractivity contribution in [2.45, 2.75) is 19.3 Å². The average Bonchev–Trinajstić information content (AvgIpc) is 2.90. The smallest absolute Gasteiger partial charge is 0.223 e. The molecular weight excluding hydrogens is 262 g/mol.